The lowest BCUT2D eigenvalue weighted by molar-refractivity contribution is 0.102. The number of aryl methyl sites for hydroxylation is 1. The van der Waals surface area contributed by atoms with E-state index >= 15 is 0 Å². The molecule has 19 heavy (non-hydrogen) atoms. The predicted octanol–water partition coefficient (Wildman–Crippen LogP) is 2.69. The van der Waals surface area contributed by atoms with E-state index in [0.717, 1.165) is 6.42 Å². The van der Waals surface area contributed by atoms with Gasteiger partial charge < -0.3 is 4.74 Å². The average Bonchev–Trinajstić information content (AvgIpc) is 2.79. The zero-order valence-electron chi connectivity index (χ0n) is 10.8. The van der Waals surface area contributed by atoms with E-state index in [0.29, 0.717) is 28.0 Å². The first-order valence-electron chi connectivity index (χ1n) is 5.93. The van der Waals surface area contributed by atoms with E-state index in [1.54, 1.807) is 23.1 Å². The minimum absolute atomic E-state index is 0.128. The van der Waals surface area contributed by atoms with Gasteiger partial charge >= 0.3 is 0 Å². The van der Waals surface area contributed by atoms with Crippen LogP contribution < -0.4 is 4.74 Å². The molecule has 0 saturated carbocycles. The van der Waals surface area contributed by atoms with Gasteiger partial charge in [-0.25, -0.2) is 0 Å². The summed E-state index contributed by atoms with van der Waals surface area (Å²) in [6.07, 6.45) is 5.64. The van der Waals surface area contributed by atoms with Crippen LogP contribution in [0.25, 0.3) is 0 Å². The fourth-order valence-electron chi connectivity index (χ4n) is 1.83. The molecule has 2 aromatic heterocycles. The molecule has 0 amide bonds. The van der Waals surface area contributed by atoms with Crippen molar-refractivity contribution in [2.75, 3.05) is 7.11 Å². The molecule has 0 aliphatic heterocycles. The molecule has 0 N–H and O–H groups in total. The lowest BCUT2D eigenvalue weighted by Crippen LogP contribution is -2.13. The second-order valence-corrected chi connectivity index (χ2v) is 4.82. The quantitative estimate of drug-likeness (QED) is 0.794. The molecule has 0 spiro atoms. The van der Waals surface area contributed by atoms with Gasteiger partial charge in [-0.1, -0.05) is 6.92 Å². The summed E-state index contributed by atoms with van der Waals surface area (Å²) < 4.78 is 7.56. The van der Waals surface area contributed by atoms with Crippen LogP contribution >= 0.6 is 15.9 Å². The van der Waals surface area contributed by atoms with E-state index in [9.17, 15) is 4.79 Å². The molecule has 0 atom stereocenters. The van der Waals surface area contributed by atoms with Crippen molar-refractivity contribution in [2.24, 2.45) is 0 Å². The van der Waals surface area contributed by atoms with Gasteiger partial charge in [0.1, 0.15) is 11.4 Å². The molecule has 0 unspecified atom stereocenters. The number of pyridine rings is 1. The summed E-state index contributed by atoms with van der Waals surface area (Å²) in [4.78, 5) is 16.6. The molecule has 0 aliphatic carbocycles. The molecule has 2 rings (SSSR count). The largest absolute Gasteiger partial charge is 0.494 e. The number of methoxy groups -OCH3 is 1. The Hall–Kier alpha value is -1.69. The average molecular weight is 324 g/mol. The Bertz CT molecular complexity index is 595. The van der Waals surface area contributed by atoms with Gasteiger partial charge in [0.2, 0.25) is 5.78 Å². The monoisotopic (exact) mass is 323 g/mol. The van der Waals surface area contributed by atoms with Crippen molar-refractivity contribution in [2.45, 2.75) is 19.9 Å². The van der Waals surface area contributed by atoms with Crippen LogP contribution in [0.4, 0.5) is 0 Å². The van der Waals surface area contributed by atoms with Gasteiger partial charge in [-0.3, -0.25) is 14.5 Å². The number of carbonyl (C=O) groups excluding carboxylic acids is 1. The number of aromatic nitrogens is 3. The van der Waals surface area contributed by atoms with Gasteiger partial charge in [-0.2, -0.15) is 5.10 Å². The highest BCUT2D eigenvalue weighted by Gasteiger charge is 2.21. The highest BCUT2D eigenvalue weighted by Crippen LogP contribution is 2.24. The molecule has 2 heterocycles. The third-order valence-electron chi connectivity index (χ3n) is 2.69. The molecular formula is C13H14BrN3O2. The van der Waals surface area contributed by atoms with Crippen LogP contribution in [0.15, 0.2) is 29.1 Å². The summed E-state index contributed by atoms with van der Waals surface area (Å²) >= 11 is 3.37. The summed E-state index contributed by atoms with van der Waals surface area (Å²) in [5, 5.41) is 4.20. The van der Waals surface area contributed by atoms with Gasteiger partial charge in [-0.05, 0) is 28.4 Å². The van der Waals surface area contributed by atoms with E-state index in [1.807, 2.05) is 6.92 Å². The number of ketones is 1. The molecule has 0 saturated heterocycles. The molecule has 6 heteroatoms. The van der Waals surface area contributed by atoms with Crippen LogP contribution in [-0.4, -0.2) is 27.7 Å². The Kier molecular flexibility index (Phi) is 4.31. The van der Waals surface area contributed by atoms with Gasteiger partial charge in [0.05, 0.1) is 29.5 Å². The van der Waals surface area contributed by atoms with Crippen LogP contribution in [-0.2, 0) is 6.54 Å². The second kappa shape index (κ2) is 5.97. The molecule has 2 aromatic rings. The van der Waals surface area contributed by atoms with Gasteiger partial charge in [0, 0.05) is 12.7 Å². The Balaban J connectivity index is 2.47. The Morgan fingerprint density at radius 1 is 1.47 bits per heavy atom. The number of hydrogen-bond acceptors (Lipinski definition) is 4. The standard InChI is InChI=1S/C13H14BrN3O2/c1-3-6-17-12(10(14)7-16-17)13(18)9-4-5-15-8-11(9)19-2/h4-5,7-8H,3,6H2,1-2H3. The summed E-state index contributed by atoms with van der Waals surface area (Å²) in [6.45, 7) is 2.73. The first-order valence-corrected chi connectivity index (χ1v) is 6.72. The SMILES string of the molecule is CCCn1ncc(Br)c1C(=O)c1ccncc1OC. The number of rotatable bonds is 5. The summed E-state index contributed by atoms with van der Waals surface area (Å²) in [5.74, 6) is 0.334. The van der Waals surface area contributed by atoms with Crippen LogP contribution in [0.3, 0.4) is 0 Å². The Labute approximate surface area is 119 Å². The number of nitrogens with zero attached hydrogens (tertiary/aromatic N) is 3. The van der Waals surface area contributed by atoms with E-state index < -0.39 is 0 Å². The summed E-state index contributed by atoms with van der Waals surface area (Å²) in [7, 11) is 1.52. The molecule has 0 aliphatic rings. The zero-order valence-corrected chi connectivity index (χ0v) is 12.3. The van der Waals surface area contributed by atoms with E-state index in [1.165, 1.54) is 13.3 Å². The van der Waals surface area contributed by atoms with E-state index in [2.05, 4.69) is 26.0 Å². The summed E-state index contributed by atoms with van der Waals surface area (Å²) in [5.41, 5.74) is 1.02. The zero-order chi connectivity index (χ0) is 13.8. The summed E-state index contributed by atoms with van der Waals surface area (Å²) in [6, 6.07) is 1.65. The molecule has 100 valence electrons. The highest BCUT2D eigenvalue weighted by molar-refractivity contribution is 9.10. The first-order chi connectivity index (χ1) is 9.19. The second-order valence-electron chi connectivity index (χ2n) is 3.97. The number of halogens is 1. The molecule has 0 fully saturated rings. The smallest absolute Gasteiger partial charge is 0.216 e. The van der Waals surface area contributed by atoms with Crippen LogP contribution in [0.5, 0.6) is 5.75 Å². The minimum atomic E-state index is -0.128. The normalized spacial score (nSPS) is 10.5. The van der Waals surface area contributed by atoms with Crippen molar-refractivity contribution in [3.8, 4) is 5.75 Å². The minimum Gasteiger partial charge on any atom is -0.494 e. The first kappa shape index (κ1) is 13.7. The lowest BCUT2D eigenvalue weighted by atomic mass is 10.1. The van der Waals surface area contributed by atoms with Crippen molar-refractivity contribution in [1.29, 1.82) is 0 Å². The maximum absolute atomic E-state index is 12.6. The Morgan fingerprint density at radius 3 is 2.95 bits per heavy atom. The molecule has 0 bridgehead atoms. The lowest BCUT2D eigenvalue weighted by Gasteiger charge is -2.09. The predicted molar refractivity (Wildman–Crippen MR) is 74.4 cm³/mol. The van der Waals surface area contributed by atoms with Crippen molar-refractivity contribution in [3.63, 3.8) is 0 Å². The fourth-order valence-corrected chi connectivity index (χ4v) is 2.30. The third kappa shape index (κ3) is 2.68. The van der Waals surface area contributed by atoms with Crippen LogP contribution in [0.2, 0.25) is 0 Å². The van der Waals surface area contributed by atoms with Crippen molar-refractivity contribution in [3.05, 3.63) is 40.4 Å². The van der Waals surface area contributed by atoms with Gasteiger partial charge in [0.15, 0.2) is 0 Å². The highest BCUT2D eigenvalue weighted by atomic mass is 79.9. The third-order valence-corrected chi connectivity index (χ3v) is 3.27. The van der Waals surface area contributed by atoms with Crippen molar-refractivity contribution < 1.29 is 9.53 Å². The maximum atomic E-state index is 12.6. The molecular weight excluding hydrogens is 310 g/mol. The number of carbonyl (C=O) groups is 1. The number of ether oxygens (including phenoxy) is 1. The van der Waals surface area contributed by atoms with Crippen LogP contribution in [0.1, 0.15) is 29.4 Å². The number of hydrogen-bond donors (Lipinski definition) is 0. The van der Waals surface area contributed by atoms with E-state index in [-0.39, 0.29) is 5.78 Å². The molecule has 0 aromatic carbocycles. The topological polar surface area (TPSA) is 57.0 Å². The van der Waals surface area contributed by atoms with Crippen molar-refractivity contribution >= 4 is 21.7 Å². The Morgan fingerprint density at radius 2 is 2.26 bits per heavy atom. The van der Waals surface area contributed by atoms with Gasteiger partial charge in [-0.15, -0.1) is 0 Å². The molecule has 0 radical (unpaired) electrons. The van der Waals surface area contributed by atoms with Crippen molar-refractivity contribution in [1.82, 2.24) is 14.8 Å². The van der Waals surface area contributed by atoms with Gasteiger partial charge in [0.25, 0.3) is 0 Å². The fraction of sp³-hybridized carbons (Fsp3) is 0.308. The molecule has 5 nitrogen and oxygen atoms in total. The van der Waals surface area contributed by atoms with Crippen LogP contribution in [0, 0.1) is 0 Å². The maximum Gasteiger partial charge on any atom is 0.216 e. The van der Waals surface area contributed by atoms with E-state index in [4.69, 9.17) is 4.74 Å².